The van der Waals surface area contributed by atoms with Crippen LogP contribution in [0.4, 0.5) is 0 Å². The van der Waals surface area contributed by atoms with Crippen molar-refractivity contribution in [3.05, 3.63) is 29.8 Å². The largest absolute Gasteiger partial charge is 0.490 e. The SMILES string of the molecule is CC(C)[C@@H](N)c1cccc(OC2CCCC2)c1. The van der Waals surface area contributed by atoms with Crippen molar-refractivity contribution in [1.82, 2.24) is 0 Å². The third-order valence-electron chi connectivity index (χ3n) is 3.57. The Balaban J connectivity index is 2.05. The van der Waals surface area contributed by atoms with Crippen molar-refractivity contribution < 1.29 is 4.74 Å². The van der Waals surface area contributed by atoms with Crippen LogP contribution < -0.4 is 10.5 Å². The molecular weight excluding hydrogens is 210 g/mol. The van der Waals surface area contributed by atoms with Gasteiger partial charge in [-0.2, -0.15) is 0 Å². The van der Waals surface area contributed by atoms with Crippen LogP contribution in [0, 0.1) is 5.92 Å². The van der Waals surface area contributed by atoms with Gasteiger partial charge in [-0.1, -0.05) is 26.0 Å². The molecule has 2 heteroatoms. The van der Waals surface area contributed by atoms with Gasteiger partial charge in [0.05, 0.1) is 6.10 Å². The highest BCUT2D eigenvalue weighted by atomic mass is 16.5. The summed E-state index contributed by atoms with van der Waals surface area (Å²) in [6, 6.07) is 8.37. The van der Waals surface area contributed by atoms with Gasteiger partial charge in [-0.25, -0.2) is 0 Å². The summed E-state index contributed by atoms with van der Waals surface area (Å²) in [4.78, 5) is 0. The molecule has 0 spiro atoms. The summed E-state index contributed by atoms with van der Waals surface area (Å²) in [5.74, 6) is 1.43. The minimum Gasteiger partial charge on any atom is -0.490 e. The number of hydrogen-bond acceptors (Lipinski definition) is 2. The van der Waals surface area contributed by atoms with E-state index in [1.807, 2.05) is 12.1 Å². The fourth-order valence-electron chi connectivity index (χ4n) is 2.38. The average molecular weight is 233 g/mol. The molecule has 0 saturated heterocycles. The van der Waals surface area contributed by atoms with Crippen molar-refractivity contribution in [2.45, 2.75) is 51.7 Å². The molecule has 0 aromatic heterocycles. The van der Waals surface area contributed by atoms with Gasteiger partial charge in [0.1, 0.15) is 5.75 Å². The van der Waals surface area contributed by atoms with Crippen LogP contribution in [0.25, 0.3) is 0 Å². The second-order valence-electron chi connectivity index (χ2n) is 5.37. The van der Waals surface area contributed by atoms with E-state index in [9.17, 15) is 0 Å². The molecule has 1 aromatic rings. The Morgan fingerprint density at radius 2 is 1.94 bits per heavy atom. The van der Waals surface area contributed by atoms with Crippen molar-refractivity contribution in [2.75, 3.05) is 0 Å². The van der Waals surface area contributed by atoms with E-state index in [0.717, 1.165) is 5.75 Å². The van der Waals surface area contributed by atoms with Crippen molar-refractivity contribution in [3.63, 3.8) is 0 Å². The minimum atomic E-state index is 0.0992. The second-order valence-corrected chi connectivity index (χ2v) is 5.37. The van der Waals surface area contributed by atoms with E-state index in [4.69, 9.17) is 10.5 Å². The summed E-state index contributed by atoms with van der Waals surface area (Å²) in [6.45, 7) is 4.30. The molecule has 0 aliphatic heterocycles. The zero-order valence-corrected chi connectivity index (χ0v) is 10.9. The Hall–Kier alpha value is -1.02. The van der Waals surface area contributed by atoms with Crippen LogP contribution in [0.1, 0.15) is 51.1 Å². The highest BCUT2D eigenvalue weighted by Crippen LogP contribution is 2.27. The highest BCUT2D eigenvalue weighted by Gasteiger charge is 2.17. The predicted molar refractivity (Wildman–Crippen MR) is 71.1 cm³/mol. The molecule has 2 nitrogen and oxygen atoms in total. The summed E-state index contributed by atoms with van der Waals surface area (Å²) in [5.41, 5.74) is 7.34. The Labute approximate surface area is 104 Å². The molecule has 1 atom stereocenters. The lowest BCUT2D eigenvalue weighted by Gasteiger charge is -2.18. The molecule has 17 heavy (non-hydrogen) atoms. The summed E-state index contributed by atoms with van der Waals surface area (Å²) >= 11 is 0. The Morgan fingerprint density at radius 3 is 2.59 bits per heavy atom. The van der Waals surface area contributed by atoms with Crippen LogP contribution in [-0.4, -0.2) is 6.10 Å². The fourth-order valence-corrected chi connectivity index (χ4v) is 2.38. The summed E-state index contributed by atoms with van der Waals surface area (Å²) in [5, 5.41) is 0. The lowest BCUT2D eigenvalue weighted by molar-refractivity contribution is 0.209. The molecule has 1 fully saturated rings. The molecule has 0 heterocycles. The maximum absolute atomic E-state index is 6.16. The van der Waals surface area contributed by atoms with Crippen molar-refractivity contribution >= 4 is 0 Å². The van der Waals surface area contributed by atoms with Gasteiger partial charge in [0.25, 0.3) is 0 Å². The van der Waals surface area contributed by atoms with Crippen molar-refractivity contribution in [2.24, 2.45) is 11.7 Å². The Morgan fingerprint density at radius 1 is 1.24 bits per heavy atom. The van der Waals surface area contributed by atoms with Crippen LogP contribution in [0.5, 0.6) is 5.75 Å². The van der Waals surface area contributed by atoms with Gasteiger partial charge in [-0.15, -0.1) is 0 Å². The summed E-state index contributed by atoms with van der Waals surface area (Å²) < 4.78 is 5.99. The van der Waals surface area contributed by atoms with Crippen LogP contribution in [-0.2, 0) is 0 Å². The van der Waals surface area contributed by atoms with E-state index in [1.165, 1.54) is 31.2 Å². The molecule has 1 aliphatic rings. The van der Waals surface area contributed by atoms with Crippen LogP contribution in [0.2, 0.25) is 0 Å². The third kappa shape index (κ3) is 3.22. The number of rotatable bonds is 4. The molecule has 0 unspecified atom stereocenters. The standard InChI is InChI=1S/C15H23NO/c1-11(2)15(16)12-6-5-9-14(10-12)17-13-7-3-4-8-13/h5-6,9-11,13,15H,3-4,7-8,16H2,1-2H3/t15-/m1/s1. The molecular formula is C15H23NO. The van der Waals surface area contributed by atoms with Crippen LogP contribution in [0.15, 0.2) is 24.3 Å². The van der Waals surface area contributed by atoms with Gasteiger partial charge in [-0.3, -0.25) is 0 Å². The second kappa shape index (κ2) is 5.54. The highest BCUT2D eigenvalue weighted by molar-refractivity contribution is 5.30. The van der Waals surface area contributed by atoms with Crippen molar-refractivity contribution in [3.8, 4) is 5.75 Å². The molecule has 1 aliphatic carbocycles. The third-order valence-corrected chi connectivity index (χ3v) is 3.57. The van der Waals surface area contributed by atoms with E-state index in [0.29, 0.717) is 12.0 Å². The number of hydrogen-bond donors (Lipinski definition) is 1. The first-order valence-corrected chi connectivity index (χ1v) is 6.69. The Kier molecular flexibility index (Phi) is 4.06. The summed E-state index contributed by atoms with van der Waals surface area (Å²) in [6.07, 6.45) is 5.41. The van der Waals surface area contributed by atoms with Crippen molar-refractivity contribution in [1.29, 1.82) is 0 Å². The van der Waals surface area contributed by atoms with Gasteiger partial charge in [-0.05, 0) is 49.3 Å². The number of benzene rings is 1. The molecule has 0 radical (unpaired) electrons. The Bertz CT molecular complexity index is 356. The minimum absolute atomic E-state index is 0.0992. The van der Waals surface area contributed by atoms with E-state index >= 15 is 0 Å². The van der Waals surface area contributed by atoms with Gasteiger partial charge in [0, 0.05) is 6.04 Å². The van der Waals surface area contributed by atoms with E-state index < -0.39 is 0 Å². The number of ether oxygens (including phenoxy) is 1. The normalized spacial score (nSPS) is 18.6. The lowest BCUT2D eigenvalue weighted by Crippen LogP contribution is -2.17. The zero-order valence-electron chi connectivity index (χ0n) is 10.9. The maximum Gasteiger partial charge on any atom is 0.120 e. The fraction of sp³-hybridized carbons (Fsp3) is 0.600. The first kappa shape index (κ1) is 12.4. The maximum atomic E-state index is 6.16. The molecule has 0 bridgehead atoms. The molecule has 1 saturated carbocycles. The van der Waals surface area contributed by atoms with Gasteiger partial charge >= 0.3 is 0 Å². The van der Waals surface area contributed by atoms with E-state index in [2.05, 4.69) is 26.0 Å². The molecule has 2 N–H and O–H groups in total. The first-order valence-electron chi connectivity index (χ1n) is 6.69. The van der Waals surface area contributed by atoms with Gasteiger partial charge in [0.2, 0.25) is 0 Å². The monoisotopic (exact) mass is 233 g/mol. The molecule has 94 valence electrons. The van der Waals surface area contributed by atoms with Gasteiger partial charge < -0.3 is 10.5 Å². The van der Waals surface area contributed by atoms with E-state index in [1.54, 1.807) is 0 Å². The lowest BCUT2D eigenvalue weighted by atomic mass is 9.97. The first-order chi connectivity index (χ1) is 8.16. The molecule has 2 rings (SSSR count). The number of nitrogens with two attached hydrogens (primary N) is 1. The predicted octanol–water partition coefficient (Wildman–Crippen LogP) is 3.66. The molecule has 1 aromatic carbocycles. The molecule has 0 amide bonds. The topological polar surface area (TPSA) is 35.2 Å². The average Bonchev–Trinajstić information content (AvgIpc) is 2.81. The summed E-state index contributed by atoms with van der Waals surface area (Å²) in [7, 11) is 0. The van der Waals surface area contributed by atoms with Gasteiger partial charge in [0.15, 0.2) is 0 Å². The van der Waals surface area contributed by atoms with Crippen LogP contribution in [0.3, 0.4) is 0 Å². The van der Waals surface area contributed by atoms with Crippen LogP contribution >= 0.6 is 0 Å². The quantitative estimate of drug-likeness (QED) is 0.861. The smallest absolute Gasteiger partial charge is 0.120 e. The van der Waals surface area contributed by atoms with E-state index in [-0.39, 0.29) is 6.04 Å². The zero-order chi connectivity index (χ0) is 12.3.